The van der Waals surface area contributed by atoms with Gasteiger partial charge in [0, 0.05) is 6.08 Å². The van der Waals surface area contributed by atoms with E-state index in [0.717, 1.165) is 5.75 Å². The Bertz CT molecular complexity index is 630. The minimum Gasteiger partial charge on any atom is -0.497 e. The van der Waals surface area contributed by atoms with Crippen LogP contribution in [0.5, 0.6) is 5.75 Å². The molecule has 6 heteroatoms. The number of halogens is 1. The number of carbonyl (C=O) groups excluding carboxylic acids is 1. The van der Waals surface area contributed by atoms with Gasteiger partial charge in [0.25, 0.3) is 0 Å². The summed E-state index contributed by atoms with van der Waals surface area (Å²) in [5.41, 5.74) is 7.00. The molecule has 2 N–H and O–H groups in total. The van der Waals surface area contributed by atoms with Gasteiger partial charge < -0.3 is 15.2 Å². The number of methoxy groups -OCH3 is 2. The number of nitrogens with zero attached hydrogens (tertiary/aromatic N) is 1. The Kier molecular flexibility index (Phi) is 4.24. The van der Waals surface area contributed by atoms with Crippen molar-refractivity contribution in [2.45, 2.75) is 0 Å². The van der Waals surface area contributed by atoms with E-state index in [0.29, 0.717) is 21.6 Å². The van der Waals surface area contributed by atoms with Crippen molar-refractivity contribution in [3.63, 3.8) is 0 Å². The minimum atomic E-state index is -0.303. The summed E-state index contributed by atoms with van der Waals surface area (Å²) in [6, 6.07) is 7.19. The first kappa shape index (κ1) is 14.3. The molecule has 5 nitrogen and oxygen atoms in total. The van der Waals surface area contributed by atoms with Crippen LogP contribution in [0.25, 0.3) is 0 Å². The number of hydrogen-bond acceptors (Lipinski definition) is 5. The first-order chi connectivity index (χ1) is 9.56. The average molecular weight is 337 g/mol. The van der Waals surface area contributed by atoms with E-state index in [1.54, 1.807) is 31.4 Å². The van der Waals surface area contributed by atoms with Crippen LogP contribution in [0.1, 0.15) is 0 Å². The van der Waals surface area contributed by atoms with Crippen LogP contribution in [-0.4, -0.2) is 25.7 Å². The maximum Gasteiger partial charge on any atom is 0.206 e. The molecule has 0 unspecified atom stereocenters. The number of ketones is 1. The second kappa shape index (κ2) is 5.92. The Balaban J connectivity index is 2.44. The molecule has 0 bridgehead atoms. The number of allylic oxidation sites excluding steroid dienone is 2. The summed E-state index contributed by atoms with van der Waals surface area (Å²) in [6.07, 6.45) is 1.32. The molecule has 20 heavy (non-hydrogen) atoms. The predicted molar refractivity (Wildman–Crippen MR) is 80.3 cm³/mol. The van der Waals surface area contributed by atoms with Crippen molar-refractivity contribution in [3.05, 3.63) is 46.3 Å². The highest BCUT2D eigenvalue weighted by atomic mass is 79.9. The van der Waals surface area contributed by atoms with Crippen molar-refractivity contribution in [1.82, 2.24) is 0 Å². The fourth-order valence-corrected chi connectivity index (χ4v) is 2.13. The minimum absolute atomic E-state index is 0.109. The second-order valence-electron chi connectivity index (χ2n) is 3.96. The lowest BCUT2D eigenvalue weighted by Gasteiger charge is -2.15. The molecule has 0 radical (unpaired) electrons. The van der Waals surface area contributed by atoms with Crippen molar-refractivity contribution in [2.24, 2.45) is 10.7 Å². The molecule has 0 fully saturated rings. The molecule has 1 aromatic carbocycles. The summed E-state index contributed by atoms with van der Waals surface area (Å²) in [5, 5.41) is 0. The highest BCUT2D eigenvalue weighted by Crippen LogP contribution is 2.27. The predicted octanol–water partition coefficient (Wildman–Crippen LogP) is 2.45. The topological polar surface area (TPSA) is 73.9 Å². The monoisotopic (exact) mass is 336 g/mol. The Labute approximate surface area is 124 Å². The number of rotatable bonds is 3. The van der Waals surface area contributed by atoms with Crippen LogP contribution in [0.2, 0.25) is 0 Å². The number of benzene rings is 1. The highest BCUT2D eigenvalue weighted by molar-refractivity contribution is 9.12. The zero-order valence-electron chi connectivity index (χ0n) is 11.0. The van der Waals surface area contributed by atoms with Gasteiger partial charge in [0.1, 0.15) is 17.2 Å². The van der Waals surface area contributed by atoms with Gasteiger partial charge in [0.15, 0.2) is 0 Å². The number of hydrogen-bond donors (Lipinski definition) is 1. The second-order valence-corrected chi connectivity index (χ2v) is 4.76. The van der Waals surface area contributed by atoms with Gasteiger partial charge in [-0.1, -0.05) is 0 Å². The SMILES string of the molecule is COC1=CC(=O)C(N)=C(Br)C1=Nc1ccc(OC)cc1. The lowest BCUT2D eigenvalue weighted by atomic mass is 10.1. The maximum absolute atomic E-state index is 11.6. The molecular weight excluding hydrogens is 324 g/mol. The van der Waals surface area contributed by atoms with E-state index in [-0.39, 0.29) is 11.5 Å². The molecule has 0 atom stereocenters. The number of ether oxygens (including phenoxy) is 2. The summed E-state index contributed by atoms with van der Waals surface area (Å²) in [7, 11) is 3.07. The van der Waals surface area contributed by atoms with Crippen LogP contribution in [0.4, 0.5) is 5.69 Å². The van der Waals surface area contributed by atoms with Crippen LogP contribution >= 0.6 is 15.9 Å². The Morgan fingerprint density at radius 1 is 1.15 bits per heavy atom. The molecular formula is C14H13BrN2O3. The van der Waals surface area contributed by atoms with E-state index in [1.807, 2.05) is 0 Å². The first-order valence-electron chi connectivity index (χ1n) is 5.75. The number of carbonyl (C=O) groups is 1. The van der Waals surface area contributed by atoms with Crippen LogP contribution in [0, 0.1) is 0 Å². The molecule has 0 saturated heterocycles. The Morgan fingerprint density at radius 3 is 2.35 bits per heavy atom. The van der Waals surface area contributed by atoms with Crippen molar-refractivity contribution in [3.8, 4) is 5.75 Å². The largest absolute Gasteiger partial charge is 0.497 e. The molecule has 1 aliphatic carbocycles. The fraction of sp³-hybridized carbons (Fsp3) is 0.143. The highest BCUT2D eigenvalue weighted by Gasteiger charge is 2.24. The molecule has 0 aliphatic heterocycles. The van der Waals surface area contributed by atoms with Gasteiger partial charge in [-0.25, -0.2) is 4.99 Å². The normalized spacial score (nSPS) is 17.2. The lowest BCUT2D eigenvalue weighted by molar-refractivity contribution is -0.111. The zero-order valence-corrected chi connectivity index (χ0v) is 12.6. The molecule has 0 heterocycles. The van der Waals surface area contributed by atoms with Gasteiger partial charge >= 0.3 is 0 Å². The van der Waals surface area contributed by atoms with Crippen molar-refractivity contribution in [1.29, 1.82) is 0 Å². The van der Waals surface area contributed by atoms with Gasteiger partial charge in [0.2, 0.25) is 5.78 Å². The zero-order chi connectivity index (χ0) is 14.7. The molecule has 1 aromatic rings. The molecule has 0 amide bonds. The molecule has 0 aromatic heterocycles. The molecule has 0 saturated carbocycles. The van der Waals surface area contributed by atoms with E-state index in [1.165, 1.54) is 13.2 Å². The van der Waals surface area contributed by atoms with Gasteiger partial charge in [-0.05, 0) is 40.2 Å². The fourth-order valence-electron chi connectivity index (χ4n) is 1.65. The lowest BCUT2D eigenvalue weighted by Crippen LogP contribution is -2.22. The standard InChI is InChI=1S/C14H13BrN2O3/c1-19-9-5-3-8(4-6-9)17-14-11(20-2)7-10(18)13(16)12(14)15/h3-7H,16H2,1-2H3. The smallest absolute Gasteiger partial charge is 0.206 e. The van der Waals surface area contributed by atoms with E-state index < -0.39 is 0 Å². The van der Waals surface area contributed by atoms with Gasteiger partial charge in [-0.3, -0.25) is 4.79 Å². The summed E-state index contributed by atoms with van der Waals surface area (Å²) >= 11 is 3.28. The van der Waals surface area contributed by atoms with Gasteiger partial charge in [-0.15, -0.1) is 0 Å². The Morgan fingerprint density at radius 2 is 1.80 bits per heavy atom. The summed E-state index contributed by atoms with van der Waals surface area (Å²) in [4.78, 5) is 16.1. The summed E-state index contributed by atoms with van der Waals surface area (Å²) in [6.45, 7) is 0. The average Bonchev–Trinajstić information content (AvgIpc) is 2.48. The first-order valence-corrected chi connectivity index (χ1v) is 6.55. The van der Waals surface area contributed by atoms with Crippen molar-refractivity contribution >= 4 is 33.1 Å². The third kappa shape index (κ3) is 2.75. The van der Waals surface area contributed by atoms with Crippen LogP contribution in [0.15, 0.2) is 51.3 Å². The van der Waals surface area contributed by atoms with Crippen LogP contribution in [-0.2, 0) is 9.53 Å². The van der Waals surface area contributed by atoms with E-state index in [2.05, 4.69) is 20.9 Å². The molecule has 2 rings (SSSR count). The van der Waals surface area contributed by atoms with Crippen LogP contribution in [0.3, 0.4) is 0 Å². The number of aliphatic imine (C=N–C) groups is 1. The summed E-state index contributed by atoms with van der Waals surface area (Å²) < 4.78 is 10.7. The van der Waals surface area contributed by atoms with Crippen LogP contribution < -0.4 is 10.5 Å². The van der Waals surface area contributed by atoms with Crippen molar-refractivity contribution in [2.75, 3.05) is 14.2 Å². The summed E-state index contributed by atoms with van der Waals surface area (Å²) in [5.74, 6) is 0.804. The molecule has 0 spiro atoms. The van der Waals surface area contributed by atoms with E-state index in [9.17, 15) is 4.79 Å². The Hall–Kier alpha value is -2.08. The number of nitrogens with two attached hydrogens (primary N) is 1. The van der Waals surface area contributed by atoms with E-state index >= 15 is 0 Å². The molecule has 1 aliphatic rings. The van der Waals surface area contributed by atoms with Gasteiger partial charge in [-0.2, -0.15) is 0 Å². The quantitative estimate of drug-likeness (QED) is 0.860. The third-order valence-corrected chi connectivity index (χ3v) is 3.54. The third-order valence-electron chi connectivity index (χ3n) is 2.74. The maximum atomic E-state index is 11.6. The van der Waals surface area contributed by atoms with Gasteiger partial charge in [0.05, 0.1) is 30.1 Å². The van der Waals surface area contributed by atoms with E-state index in [4.69, 9.17) is 15.2 Å². The molecule has 104 valence electrons. The van der Waals surface area contributed by atoms with Crippen molar-refractivity contribution < 1.29 is 14.3 Å².